The highest BCUT2D eigenvalue weighted by Crippen LogP contribution is 2.06. The molecule has 0 amide bonds. The van der Waals surface area contributed by atoms with Gasteiger partial charge in [-0.2, -0.15) is 11.8 Å². The van der Waals surface area contributed by atoms with Gasteiger partial charge in [0.1, 0.15) is 0 Å². The van der Waals surface area contributed by atoms with E-state index in [2.05, 4.69) is 0 Å². The normalized spacial score (nSPS) is 13.0. The highest BCUT2D eigenvalue weighted by molar-refractivity contribution is 7.99. The average molecular weight is 206 g/mol. The van der Waals surface area contributed by atoms with E-state index in [-0.39, 0.29) is 6.10 Å². The molecule has 0 aromatic rings. The van der Waals surface area contributed by atoms with Crippen LogP contribution in [0.15, 0.2) is 0 Å². The zero-order valence-corrected chi connectivity index (χ0v) is 9.26. The zero-order chi connectivity index (χ0) is 10.3. The van der Waals surface area contributed by atoms with Crippen LogP contribution in [0, 0.1) is 0 Å². The van der Waals surface area contributed by atoms with E-state index in [9.17, 15) is 9.90 Å². The van der Waals surface area contributed by atoms with Crippen molar-refractivity contribution >= 4 is 17.7 Å². The molecule has 0 heterocycles. The predicted molar refractivity (Wildman–Crippen MR) is 54.9 cm³/mol. The second-order valence-electron chi connectivity index (χ2n) is 2.99. The number of carbonyl (C=O) groups is 1. The summed E-state index contributed by atoms with van der Waals surface area (Å²) in [5, 5.41) is 9.31. The van der Waals surface area contributed by atoms with Gasteiger partial charge in [0.15, 0.2) is 6.10 Å². The SMILES string of the molecule is CCSCCC(O)C(=O)OC(C)C. The van der Waals surface area contributed by atoms with Crippen molar-refractivity contribution in [3.05, 3.63) is 0 Å². The van der Waals surface area contributed by atoms with E-state index < -0.39 is 12.1 Å². The maximum absolute atomic E-state index is 11.1. The van der Waals surface area contributed by atoms with Crippen molar-refractivity contribution in [2.75, 3.05) is 11.5 Å². The first-order chi connectivity index (χ1) is 6.07. The first-order valence-corrected chi connectivity index (χ1v) is 5.69. The lowest BCUT2D eigenvalue weighted by atomic mass is 10.3. The number of hydrogen-bond acceptors (Lipinski definition) is 4. The quantitative estimate of drug-likeness (QED) is 0.527. The fraction of sp³-hybridized carbons (Fsp3) is 0.889. The molecule has 0 bridgehead atoms. The van der Waals surface area contributed by atoms with E-state index in [0.717, 1.165) is 11.5 Å². The highest BCUT2D eigenvalue weighted by Gasteiger charge is 2.16. The minimum atomic E-state index is -0.957. The van der Waals surface area contributed by atoms with Crippen molar-refractivity contribution in [3.63, 3.8) is 0 Å². The molecular weight excluding hydrogens is 188 g/mol. The lowest BCUT2D eigenvalue weighted by Gasteiger charge is -2.12. The number of aliphatic hydroxyl groups excluding tert-OH is 1. The summed E-state index contributed by atoms with van der Waals surface area (Å²) in [5.41, 5.74) is 0. The molecule has 0 aliphatic heterocycles. The van der Waals surface area contributed by atoms with E-state index in [1.54, 1.807) is 25.6 Å². The largest absolute Gasteiger partial charge is 0.461 e. The summed E-state index contributed by atoms with van der Waals surface area (Å²) in [4.78, 5) is 11.1. The molecule has 1 unspecified atom stereocenters. The molecule has 0 aliphatic carbocycles. The molecule has 13 heavy (non-hydrogen) atoms. The third-order valence-electron chi connectivity index (χ3n) is 1.36. The molecule has 0 spiro atoms. The van der Waals surface area contributed by atoms with E-state index in [0.29, 0.717) is 6.42 Å². The summed E-state index contributed by atoms with van der Waals surface area (Å²) < 4.78 is 4.84. The van der Waals surface area contributed by atoms with Crippen LogP contribution in [-0.2, 0) is 9.53 Å². The first-order valence-electron chi connectivity index (χ1n) is 4.54. The zero-order valence-electron chi connectivity index (χ0n) is 8.45. The van der Waals surface area contributed by atoms with Crippen LogP contribution in [0.5, 0.6) is 0 Å². The smallest absolute Gasteiger partial charge is 0.335 e. The molecule has 0 radical (unpaired) electrons. The molecule has 3 nitrogen and oxygen atoms in total. The Labute approximate surface area is 83.9 Å². The topological polar surface area (TPSA) is 46.5 Å². The fourth-order valence-corrected chi connectivity index (χ4v) is 1.45. The van der Waals surface area contributed by atoms with Crippen molar-refractivity contribution in [3.8, 4) is 0 Å². The van der Waals surface area contributed by atoms with Crippen molar-refractivity contribution in [2.24, 2.45) is 0 Å². The Kier molecular flexibility index (Phi) is 7.09. The first kappa shape index (κ1) is 12.8. The molecule has 0 aliphatic rings. The monoisotopic (exact) mass is 206 g/mol. The van der Waals surface area contributed by atoms with Crippen LogP contribution in [0.4, 0.5) is 0 Å². The number of carbonyl (C=O) groups excluding carboxylic acids is 1. The molecule has 0 rings (SSSR count). The minimum absolute atomic E-state index is 0.152. The van der Waals surface area contributed by atoms with E-state index in [4.69, 9.17) is 4.74 Å². The number of esters is 1. The molecule has 1 N–H and O–H groups in total. The summed E-state index contributed by atoms with van der Waals surface area (Å²) in [6.45, 7) is 5.58. The van der Waals surface area contributed by atoms with Gasteiger partial charge in [-0.3, -0.25) is 0 Å². The van der Waals surface area contributed by atoms with E-state index >= 15 is 0 Å². The molecule has 4 heteroatoms. The fourth-order valence-electron chi connectivity index (χ4n) is 0.768. The number of ether oxygens (including phenoxy) is 1. The lowest BCUT2D eigenvalue weighted by molar-refractivity contribution is -0.157. The van der Waals surface area contributed by atoms with Crippen LogP contribution in [0.3, 0.4) is 0 Å². The van der Waals surface area contributed by atoms with Crippen molar-refractivity contribution in [1.29, 1.82) is 0 Å². The summed E-state index contributed by atoms with van der Waals surface area (Å²) >= 11 is 1.70. The average Bonchev–Trinajstić information content (AvgIpc) is 2.03. The van der Waals surface area contributed by atoms with E-state index in [1.165, 1.54) is 0 Å². The Balaban J connectivity index is 3.57. The molecule has 1 atom stereocenters. The van der Waals surface area contributed by atoms with Crippen LogP contribution in [0.25, 0.3) is 0 Å². The van der Waals surface area contributed by atoms with Crippen molar-refractivity contribution < 1.29 is 14.6 Å². The van der Waals surface area contributed by atoms with Crippen LogP contribution < -0.4 is 0 Å². The molecule has 0 saturated carbocycles. The second kappa shape index (κ2) is 7.21. The van der Waals surface area contributed by atoms with Crippen LogP contribution in [0.2, 0.25) is 0 Å². The maximum Gasteiger partial charge on any atom is 0.335 e. The highest BCUT2D eigenvalue weighted by atomic mass is 32.2. The summed E-state index contributed by atoms with van der Waals surface area (Å²) in [5.74, 6) is 1.29. The number of rotatable bonds is 6. The maximum atomic E-state index is 11.1. The number of aliphatic hydroxyl groups is 1. The van der Waals surface area contributed by atoms with Gasteiger partial charge in [0.25, 0.3) is 0 Å². The van der Waals surface area contributed by atoms with Crippen molar-refractivity contribution in [2.45, 2.75) is 39.4 Å². The van der Waals surface area contributed by atoms with Crippen LogP contribution in [-0.4, -0.2) is 34.8 Å². The Morgan fingerprint density at radius 2 is 2.15 bits per heavy atom. The Bertz CT molecular complexity index is 148. The number of thioether (sulfide) groups is 1. The Morgan fingerprint density at radius 3 is 2.62 bits per heavy atom. The predicted octanol–water partition coefficient (Wildman–Crippen LogP) is 1.44. The second-order valence-corrected chi connectivity index (χ2v) is 4.38. The third kappa shape index (κ3) is 6.90. The van der Waals surface area contributed by atoms with Gasteiger partial charge in [-0.1, -0.05) is 6.92 Å². The Hall–Kier alpha value is -0.220. The molecule has 78 valence electrons. The standard InChI is InChI=1S/C9H18O3S/c1-4-13-6-5-8(10)9(11)12-7(2)3/h7-8,10H,4-6H2,1-3H3. The Morgan fingerprint density at radius 1 is 1.54 bits per heavy atom. The van der Waals surface area contributed by atoms with Crippen molar-refractivity contribution in [1.82, 2.24) is 0 Å². The minimum Gasteiger partial charge on any atom is -0.461 e. The van der Waals surface area contributed by atoms with Gasteiger partial charge in [0, 0.05) is 0 Å². The van der Waals surface area contributed by atoms with Gasteiger partial charge in [0.05, 0.1) is 6.10 Å². The summed E-state index contributed by atoms with van der Waals surface area (Å²) in [6.07, 6.45) is -0.633. The molecular formula is C9H18O3S. The summed E-state index contributed by atoms with van der Waals surface area (Å²) in [6, 6.07) is 0. The van der Waals surface area contributed by atoms with E-state index in [1.807, 2.05) is 6.92 Å². The summed E-state index contributed by atoms with van der Waals surface area (Å²) in [7, 11) is 0. The van der Waals surface area contributed by atoms with Crippen LogP contribution in [0.1, 0.15) is 27.2 Å². The molecule has 0 aromatic carbocycles. The molecule has 0 aromatic heterocycles. The van der Waals surface area contributed by atoms with Gasteiger partial charge >= 0.3 is 5.97 Å². The third-order valence-corrected chi connectivity index (χ3v) is 2.30. The molecule has 0 fully saturated rings. The van der Waals surface area contributed by atoms with Crippen LogP contribution >= 0.6 is 11.8 Å². The van der Waals surface area contributed by atoms with Gasteiger partial charge in [0.2, 0.25) is 0 Å². The van der Waals surface area contributed by atoms with Gasteiger partial charge < -0.3 is 9.84 Å². The number of hydrogen-bond donors (Lipinski definition) is 1. The van der Waals surface area contributed by atoms with Gasteiger partial charge in [-0.25, -0.2) is 4.79 Å². The van der Waals surface area contributed by atoms with Gasteiger partial charge in [-0.05, 0) is 31.8 Å². The molecule has 0 saturated heterocycles. The lowest BCUT2D eigenvalue weighted by Crippen LogP contribution is -2.26. The van der Waals surface area contributed by atoms with Gasteiger partial charge in [-0.15, -0.1) is 0 Å².